The van der Waals surface area contributed by atoms with Crippen LogP contribution in [0.25, 0.3) is 0 Å². The van der Waals surface area contributed by atoms with Crippen LogP contribution in [-0.2, 0) is 0 Å². The minimum absolute atomic E-state index is 0.0156. The summed E-state index contributed by atoms with van der Waals surface area (Å²) < 4.78 is 12.9. The second kappa shape index (κ2) is 4.19. The van der Waals surface area contributed by atoms with Crippen LogP contribution in [0.5, 0.6) is 0 Å². The van der Waals surface area contributed by atoms with Gasteiger partial charge in [0.15, 0.2) is 0 Å². The van der Waals surface area contributed by atoms with Crippen molar-refractivity contribution in [3.63, 3.8) is 0 Å². The molecule has 0 radical (unpaired) electrons. The standard InChI is InChI=1S/C7H13FOS/c8-7-2-4-10-3-1-6(7)5-9/h6-7,9H,1-5H2. The molecule has 0 aromatic carbocycles. The van der Waals surface area contributed by atoms with E-state index in [1.807, 2.05) is 0 Å². The lowest BCUT2D eigenvalue weighted by molar-refractivity contribution is 0.136. The fraction of sp³-hybridized carbons (Fsp3) is 1.00. The number of hydrogen-bond acceptors (Lipinski definition) is 2. The van der Waals surface area contributed by atoms with Crippen molar-refractivity contribution in [1.82, 2.24) is 0 Å². The molecule has 1 aliphatic heterocycles. The first-order valence-corrected chi connectivity index (χ1v) is 4.82. The van der Waals surface area contributed by atoms with Crippen molar-refractivity contribution >= 4 is 11.8 Å². The first kappa shape index (κ1) is 8.34. The molecule has 1 N–H and O–H groups in total. The Morgan fingerprint density at radius 1 is 1.40 bits per heavy atom. The molecule has 10 heavy (non-hydrogen) atoms. The van der Waals surface area contributed by atoms with Crippen LogP contribution in [0.1, 0.15) is 12.8 Å². The molecule has 0 amide bonds. The fourth-order valence-corrected chi connectivity index (χ4v) is 2.22. The number of hydrogen-bond donors (Lipinski definition) is 1. The van der Waals surface area contributed by atoms with E-state index in [2.05, 4.69) is 0 Å². The third-order valence-corrected chi connectivity index (χ3v) is 2.97. The van der Waals surface area contributed by atoms with Gasteiger partial charge in [-0.15, -0.1) is 0 Å². The van der Waals surface area contributed by atoms with E-state index >= 15 is 0 Å². The number of rotatable bonds is 1. The first-order valence-electron chi connectivity index (χ1n) is 3.67. The van der Waals surface area contributed by atoms with Gasteiger partial charge in [0.2, 0.25) is 0 Å². The highest BCUT2D eigenvalue weighted by atomic mass is 32.2. The van der Waals surface area contributed by atoms with Crippen molar-refractivity contribution in [3.8, 4) is 0 Å². The monoisotopic (exact) mass is 164 g/mol. The highest BCUT2D eigenvalue weighted by molar-refractivity contribution is 7.99. The van der Waals surface area contributed by atoms with Gasteiger partial charge in [-0.25, -0.2) is 4.39 Å². The molecule has 1 saturated heterocycles. The summed E-state index contributed by atoms with van der Waals surface area (Å²) in [5.41, 5.74) is 0. The first-order chi connectivity index (χ1) is 4.84. The van der Waals surface area contributed by atoms with Crippen molar-refractivity contribution in [1.29, 1.82) is 0 Å². The maximum absolute atomic E-state index is 12.9. The summed E-state index contributed by atoms with van der Waals surface area (Å²) in [5.74, 6) is 1.83. The van der Waals surface area contributed by atoms with E-state index in [4.69, 9.17) is 5.11 Å². The molecular weight excluding hydrogens is 151 g/mol. The number of aliphatic hydroxyl groups excluding tert-OH is 1. The maximum atomic E-state index is 12.9. The van der Waals surface area contributed by atoms with E-state index in [0.717, 1.165) is 17.9 Å². The van der Waals surface area contributed by atoms with Crippen LogP contribution in [0.2, 0.25) is 0 Å². The predicted octanol–water partition coefficient (Wildman–Crippen LogP) is 1.46. The zero-order chi connectivity index (χ0) is 7.40. The minimum Gasteiger partial charge on any atom is -0.396 e. The molecule has 1 nitrogen and oxygen atoms in total. The molecule has 0 bridgehead atoms. The number of aliphatic hydroxyl groups is 1. The maximum Gasteiger partial charge on any atom is 0.106 e. The Morgan fingerprint density at radius 2 is 2.10 bits per heavy atom. The summed E-state index contributed by atoms with van der Waals surface area (Å²) in [5, 5.41) is 8.74. The molecule has 0 spiro atoms. The van der Waals surface area contributed by atoms with Gasteiger partial charge >= 0.3 is 0 Å². The second-order valence-electron chi connectivity index (χ2n) is 2.65. The Balaban J connectivity index is 2.35. The van der Waals surface area contributed by atoms with Gasteiger partial charge in [0.1, 0.15) is 6.17 Å². The lowest BCUT2D eigenvalue weighted by atomic mass is 10.0. The van der Waals surface area contributed by atoms with Gasteiger partial charge < -0.3 is 5.11 Å². The summed E-state index contributed by atoms with van der Waals surface area (Å²) in [6.45, 7) is 0.0156. The Kier molecular flexibility index (Phi) is 3.49. The normalized spacial score (nSPS) is 35.4. The quantitative estimate of drug-likeness (QED) is 0.633. The van der Waals surface area contributed by atoms with Crippen molar-refractivity contribution in [2.75, 3.05) is 18.1 Å². The SMILES string of the molecule is OCC1CCSCCC1F. The third-order valence-electron chi connectivity index (χ3n) is 1.92. The van der Waals surface area contributed by atoms with Gasteiger partial charge in [-0.1, -0.05) is 0 Å². The van der Waals surface area contributed by atoms with Crippen molar-refractivity contribution < 1.29 is 9.50 Å². The molecule has 1 aliphatic rings. The van der Waals surface area contributed by atoms with Gasteiger partial charge in [-0.05, 0) is 24.3 Å². The van der Waals surface area contributed by atoms with E-state index in [9.17, 15) is 4.39 Å². The summed E-state index contributed by atoms with van der Waals surface area (Å²) in [6, 6.07) is 0. The van der Waals surface area contributed by atoms with Gasteiger partial charge in [0.05, 0.1) is 0 Å². The average molecular weight is 164 g/mol. The smallest absolute Gasteiger partial charge is 0.106 e. The number of thioether (sulfide) groups is 1. The van der Waals surface area contributed by atoms with Gasteiger partial charge in [0.25, 0.3) is 0 Å². The molecule has 0 aliphatic carbocycles. The predicted molar refractivity (Wildman–Crippen MR) is 42.0 cm³/mol. The van der Waals surface area contributed by atoms with Crippen molar-refractivity contribution in [2.24, 2.45) is 5.92 Å². The van der Waals surface area contributed by atoms with Crippen LogP contribution >= 0.6 is 11.8 Å². The van der Waals surface area contributed by atoms with Crippen LogP contribution in [-0.4, -0.2) is 29.4 Å². The Morgan fingerprint density at radius 3 is 2.80 bits per heavy atom. The van der Waals surface area contributed by atoms with E-state index < -0.39 is 6.17 Å². The summed E-state index contributed by atoms with van der Waals surface area (Å²) in [6.07, 6.45) is 0.693. The summed E-state index contributed by atoms with van der Waals surface area (Å²) in [7, 11) is 0. The summed E-state index contributed by atoms with van der Waals surface area (Å²) >= 11 is 1.79. The molecule has 3 heteroatoms. The van der Waals surface area contributed by atoms with E-state index in [0.29, 0.717) is 6.42 Å². The second-order valence-corrected chi connectivity index (χ2v) is 3.87. The Hall–Kier alpha value is 0.240. The molecule has 60 valence electrons. The molecule has 0 aromatic heterocycles. The van der Waals surface area contributed by atoms with Crippen molar-refractivity contribution in [2.45, 2.75) is 19.0 Å². The van der Waals surface area contributed by atoms with Crippen LogP contribution in [0.4, 0.5) is 4.39 Å². The topological polar surface area (TPSA) is 20.2 Å². The largest absolute Gasteiger partial charge is 0.396 e. The van der Waals surface area contributed by atoms with Crippen LogP contribution in [0.15, 0.2) is 0 Å². The molecule has 2 atom stereocenters. The highest BCUT2D eigenvalue weighted by Gasteiger charge is 2.22. The number of halogens is 1. The Bertz CT molecular complexity index is 99.6. The fourth-order valence-electron chi connectivity index (χ4n) is 1.15. The molecule has 1 rings (SSSR count). The van der Waals surface area contributed by atoms with Gasteiger partial charge in [-0.3, -0.25) is 0 Å². The van der Waals surface area contributed by atoms with Gasteiger partial charge in [0, 0.05) is 12.5 Å². The lowest BCUT2D eigenvalue weighted by Gasteiger charge is -2.13. The third kappa shape index (κ3) is 2.13. The molecule has 0 aromatic rings. The molecule has 0 saturated carbocycles. The molecular formula is C7H13FOS. The van der Waals surface area contributed by atoms with E-state index in [-0.39, 0.29) is 12.5 Å². The van der Waals surface area contributed by atoms with Crippen molar-refractivity contribution in [3.05, 3.63) is 0 Å². The zero-order valence-electron chi connectivity index (χ0n) is 5.92. The van der Waals surface area contributed by atoms with E-state index in [1.165, 1.54) is 0 Å². The minimum atomic E-state index is -0.764. The summed E-state index contributed by atoms with van der Waals surface area (Å²) in [4.78, 5) is 0. The molecule has 1 heterocycles. The number of alkyl halides is 1. The van der Waals surface area contributed by atoms with Gasteiger partial charge in [-0.2, -0.15) is 11.8 Å². The molecule has 2 unspecified atom stereocenters. The average Bonchev–Trinajstić information content (AvgIpc) is 2.13. The van der Waals surface area contributed by atoms with Crippen LogP contribution in [0.3, 0.4) is 0 Å². The van der Waals surface area contributed by atoms with Crippen LogP contribution in [0, 0.1) is 5.92 Å². The van der Waals surface area contributed by atoms with E-state index in [1.54, 1.807) is 11.8 Å². The molecule has 1 fully saturated rings. The lowest BCUT2D eigenvalue weighted by Crippen LogP contribution is -2.19. The Labute approximate surface area is 65.0 Å². The van der Waals surface area contributed by atoms with Crippen LogP contribution < -0.4 is 0 Å². The highest BCUT2D eigenvalue weighted by Crippen LogP contribution is 2.24. The zero-order valence-corrected chi connectivity index (χ0v) is 6.74.